The molecular weight excluding hydrogens is 304 g/mol. The lowest BCUT2D eigenvalue weighted by Crippen LogP contribution is -2.43. The number of hydrogen-bond acceptors (Lipinski definition) is 3. The summed E-state index contributed by atoms with van der Waals surface area (Å²) >= 11 is 0. The largest absolute Gasteiger partial charge is 0.444 e. The fourth-order valence-electron chi connectivity index (χ4n) is 4.52. The predicted molar refractivity (Wildman–Crippen MR) is 92.5 cm³/mol. The maximum atomic E-state index is 12.2. The van der Waals surface area contributed by atoms with Gasteiger partial charge in [-0.1, -0.05) is 6.42 Å². The molecule has 3 fully saturated rings. The standard InChI is InChI=1S/C19H32N2O3/c1-19(2,3)24-18(23)21-11-5-6-13(12-21)9-10-20-17(22)16-14-7-4-8-15(14)16/h13-16H,4-12H2,1-3H3,(H,20,22)/t13-,14-,15+,16?/m1/s1. The first-order chi connectivity index (χ1) is 11.3. The molecule has 0 aromatic carbocycles. The molecule has 3 rings (SSSR count). The molecule has 5 heteroatoms. The minimum absolute atomic E-state index is 0.206. The van der Waals surface area contributed by atoms with E-state index in [0.29, 0.717) is 23.7 Å². The number of ether oxygens (including phenoxy) is 1. The van der Waals surface area contributed by atoms with Crippen LogP contribution in [-0.2, 0) is 9.53 Å². The Morgan fingerprint density at radius 2 is 1.83 bits per heavy atom. The van der Waals surface area contributed by atoms with Gasteiger partial charge < -0.3 is 15.0 Å². The molecule has 2 aliphatic carbocycles. The zero-order valence-corrected chi connectivity index (χ0v) is 15.3. The Morgan fingerprint density at radius 1 is 1.12 bits per heavy atom. The monoisotopic (exact) mass is 336 g/mol. The van der Waals surface area contributed by atoms with Crippen LogP contribution in [0.3, 0.4) is 0 Å². The van der Waals surface area contributed by atoms with Crippen molar-refractivity contribution in [2.24, 2.45) is 23.7 Å². The molecule has 0 spiro atoms. The molecular formula is C19H32N2O3. The van der Waals surface area contributed by atoms with Crippen molar-refractivity contribution in [2.45, 2.75) is 64.9 Å². The first-order valence-corrected chi connectivity index (χ1v) is 9.61. The summed E-state index contributed by atoms with van der Waals surface area (Å²) in [4.78, 5) is 26.2. The molecule has 1 heterocycles. The van der Waals surface area contributed by atoms with Gasteiger partial charge in [0.05, 0.1) is 0 Å². The highest BCUT2D eigenvalue weighted by molar-refractivity contribution is 5.82. The van der Waals surface area contributed by atoms with Gasteiger partial charge in [-0.05, 0) is 70.6 Å². The Hall–Kier alpha value is -1.26. The topological polar surface area (TPSA) is 58.6 Å². The van der Waals surface area contributed by atoms with Crippen LogP contribution >= 0.6 is 0 Å². The van der Waals surface area contributed by atoms with Crippen LogP contribution in [0, 0.1) is 23.7 Å². The summed E-state index contributed by atoms with van der Waals surface area (Å²) in [6, 6.07) is 0. The molecule has 1 aliphatic heterocycles. The number of carbonyl (C=O) groups is 2. The fourth-order valence-corrected chi connectivity index (χ4v) is 4.52. The molecule has 1 unspecified atom stereocenters. The molecule has 3 aliphatic rings. The van der Waals surface area contributed by atoms with Crippen LogP contribution in [0.15, 0.2) is 0 Å². The molecule has 2 amide bonds. The second-order valence-electron chi connectivity index (χ2n) is 8.80. The Balaban J connectivity index is 1.36. The molecule has 1 saturated heterocycles. The third-order valence-corrected chi connectivity index (χ3v) is 5.73. The van der Waals surface area contributed by atoms with E-state index in [1.807, 2.05) is 25.7 Å². The molecule has 136 valence electrons. The highest BCUT2D eigenvalue weighted by Crippen LogP contribution is 2.57. The average Bonchev–Trinajstić information content (AvgIpc) is 2.99. The van der Waals surface area contributed by atoms with Crippen LogP contribution in [0.4, 0.5) is 4.79 Å². The van der Waals surface area contributed by atoms with Crippen LogP contribution in [0.1, 0.15) is 59.3 Å². The fraction of sp³-hybridized carbons (Fsp3) is 0.895. The maximum absolute atomic E-state index is 12.2. The number of piperidine rings is 1. The third-order valence-electron chi connectivity index (χ3n) is 5.73. The number of carbonyl (C=O) groups excluding carboxylic acids is 2. The van der Waals surface area contributed by atoms with Crippen LogP contribution < -0.4 is 5.32 Å². The van der Waals surface area contributed by atoms with Gasteiger partial charge >= 0.3 is 6.09 Å². The number of rotatable bonds is 4. The van der Waals surface area contributed by atoms with Gasteiger partial charge in [-0.15, -0.1) is 0 Å². The summed E-state index contributed by atoms with van der Waals surface area (Å²) in [6.07, 6.45) is 6.69. The molecule has 0 bridgehead atoms. The quantitative estimate of drug-likeness (QED) is 0.858. The minimum atomic E-state index is -0.444. The molecule has 0 aromatic rings. The molecule has 24 heavy (non-hydrogen) atoms. The van der Waals surface area contributed by atoms with Gasteiger partial charge in [0.1, 0.15) is 5.60 Å². The van der Waals surface area contributed by atoms with Gasteiger partial charge in [0.25, 0.3) is 0 Å². The zero-order chi connectivity index (χ0) is 17.3. The lowest BCUT2D eigenvalue weighted by Gasteiger charge is -2.34. The maximum Gasteiger partial charge on any atom is 0.410 e. The molecule has 0 radical (unpaired) electrons. The van der Waals surface area contributed by atoms with Crippen molar-refractivity contribution in [3.05, 3.63) is 0 Å². The van der Waals surface area contributed by atoms with E-state index >= 15 is 0 Å². The van der Waals surface area contributed by atoms with E-state index < -0.39 is 5.60 Å². The van der Waals surface area contributed by atoms with Crippen molar-refractivity contribution in [3.8, 4) is 0 Å². The second kappa shape index (κ2) is 6.93. The van der Waals surface area contributed by atoms with Crippen LogP contribution in [0.5, 0.6) is 0 Å². The minimum Gasteiger partial charge on any atom is -0.444 e. The van der Waals surface area contributed by atoms with Crippen molar-refractivity contribution in [2.75, 3.05) is 19.6 Å². The lowest BCUT2D eigenvalue weighted by atomic mass is 9.95. The van der Waals surface area contributed by atoms with E-state index in [9.17, 15) is 9.59 Å². The van der Waals surface area contributed by atoms with E-state index in [1.165, 1.54) is 19.3 Å². The van der Waals surface area contributed by atoms with Crippen LogP contribution in [-0.4, -0.2) is 42.1 Å². The van der Waals surface area contributed by atoms with E-state index in [2.05, 4.69) is 5.32 Å². The van der Waals surface area contributed by atoms with E-state index in [1.54, 1.807) is 0 Å². The van der Waals surface area contributed by atoms with E-state index in [-0.39, 0.29) is 12.0 Å². The number of nitrogens with one attached hydrogen (secondary N) is 1. The van der Waals surface area contributed by atoms with Crippen molar-refractivity contribution in [3.63, 3.8) is 0 Å². The summed E-state index contributed by atoms with van der Waals surface area (Å²) in [5, 5.41) is 3.13. The summed E-state index contributed by atoms with van der Waals surface area (Å²) < 4.78 is 5.47. The predicted octanol–water partition coefficient (Wildman–Crippen LogP) is 3.19. The summed E-state index contributed by atoms with van der Waals surface area (Å²) in [7, 11) is 0. The number of likely N-dealkylation sites (tertiary alicyclic amines) is 1. The van der Waals surface area contributed by atoms with Crippen molar-refractivity contribution in [1.29, 1.82) is 0 Å². The van der Waals surface area contributed by atoms with Crippen molar-refractivity contribution in [1.82, 2.24) is 10.2 Å². The van der Waals surface area contributed by atoms with Gasteiger partial charge in [-0.2, -0.15) is 0 Å². The number of fused-ring (bicyclic) bond motifs is 1. The van der Waals surface area contributed by atoms with Crippen molar-refractivity contribution < 1.29 is 14.3 Å². The van der Waals surface area contributed by atoms with Gasteiger partial charge in [0.15, 0.2) is 0 Å². The first-order valence-electron chi connectivity index (χ1n) is 9.61. The Kier molecular flexibility index (Phi) is 5.07. The average molecular weight is 336 g/mol. The number of amides is 2. The molecule has 4 atom stereocenters. The number of hydrogen-bond donors (Lipinski definition) is 1. The van der Waals surface area contributed by atoms with Crippen LogP contribution in [0.25, 0.3) is 0 Å². The summed E-state index contributed by atoms with van der Waals surface area (Å²) in [5.41, 5.74) is -0.444. The Labute approximate surface area is 145 Å². The second-order valence-corrected chi connectivity index (χ2v) is 8.80. The Bertz CT molecular complexity index is 475. The Morgan fingerprint density at radius 3 is 2.50 bits per heavy atom. The number of nitrogens with zero attached hydrogens (tertiary/aromatic N) is 1. The van der Waals surface area contributed by atoms with E-state index in [0.717, 1.165) is 38.9 Å². The first kappa shape index (κ1) is 17.6. The summed E-state index contributed by atoms with van der Waals surface area (Å²) in [6.45, 7) is 7.96. The summed E-state index contributed by atoms with van der Waals surface area (Å²) in [5.74, 6) is 2.41. The SMILES string of the molecule is CC(C)(C)OC(=O)N1CCC[C@H](CCNC(=O)C2[C@H]3CCC[C@@H]23)C1. The molecule has 0 aromatic heterocycles. The van der Waals surface area contributed by atoms with Crippen LogP contribution in [0.2, 0.25) is 0 Å². The molecule has 2 saturated carbocycles. The third kappa shape index (κ3) is 4.22. The van der Waals surface area contributed by atoms with Crippen molar-refractivity contribution >= 4 is 12.0 Å². The van der Waals surface area contributed by atoms with Gasteiger partial charge in [-0.3, -0.25) is 4.79 Å². The van der Waals surface area contributed by atoms with Gasteiger partial charge in [-0.25, -0.2) is 4.79 Å². The normalized spacial score (nSPS) is 32.2. The van der Waals surface area contributed by atoms with Gasteiger partial charge in [0.2, 0.25) is 5.91 Å². The zero-order valence-electron chi connectivity index (χ0n) is 15.3. The molecule has 1 N–H and O–H groups in total. The van der Waals surface area contributed by atoms with E-state index in [4.69, 9.17) is 4.74 Å². The lowest BCUT2D eigenvalue weighted by molar-refractivity contribution is -0.123. The smallest absolute Gasteiger partial charge is 0.410 e. The highest BCUT2D eigenvalue weighted by atomic mass is 16.6. The molecule has 5 nitrogen and oxygen atoms in total. The highest BCUT2D eigenvalue weighted by Gasteiger charge is 2.56. The van der Waals surface area contributed by atoms with Gasteiger partial charge in [0, 0.05) is 25.6 Å².